The molecule has 0 saturated carbocycles. The first-order valence-electron chi connectivity index (χ1n) is 7.79. The van der Waals surface area contributed by atoms with Crippen LogP contribution in [0.15, 0.2) is 4.99 Å². The van der Waals surface area contributed by atoms with Gasteiger partial charge in [-0.15, -0.1) is 0 Å². The summed E-state index contributed by atoms with van der Waals surface area (Å²) in [6, 6.07) is 0. The predicted molar refractivity (Wildman–Crippen MR) is 88.0 cm³/mol. The van der Waals surface area contributed by atoms with Gasteiger partial charge in [-0.3, -0.25) is 4.99 Å². The smallest absolute Gasteiger partial charge is 0.211 e. The second-order valence-corrected chi connectivity index (χ2v) is 7.73. The van der Waals surface area contributed by atoms with E-state index in [1.165, 1.54) is 23.4 Å². The maximum Gasteiger partial charge on any atom is 0.211 e. The van der Waals surface area contributed by atoms with Crippen LogP contribution in [0.4, 0.5) is 0 Å². The summed E-state index contributed by atoms with van der Waals surface area (Å²) in [7, 11) is -1.28. The van der Waals surface area contributed by atoms with Crippen LogP contribution >= 0.6 is 0 Å². The van der Waals surface area contributed by atoms with Crippen molar-refractivity contribution in [3.63, 3.8) is 0 Å². The number of nitrogens with one attached hydrogen (secondary N) is 1. The minimum atomic E-state index is -3.08. The lowest BCUT2D eigenvalue weighted by Crippen LogP contribution is -2.46. The summed E-state index contributed by atoms with van der Waals surface area (Å²) in [6.07, 6.45) is 4.46. The van der Waals surface area contributed by atoms with Gasteiger partial charge in [0.15, 0.2) is 5.96 Å². The van der Waals surface area contributed by atoms with Gasteiger partial charge in [-0.2, -0.15) is 0 Å². The number of likely N-dealkylation sites (tertiary alicyclic amines) is 1. The molecule has 0 atom stereocenters. The van der Waals surface area contributed by atoms with Gasteiger partial charge in [-0.05, 0) is 25.2 Å². The van der Waals surface area contributed by atoms with Gasteiger partial charge in [-0.1, -0.05) is 13.8 Å². The predicted octanol–water partition coefficient (Wildman–Crippen LogP) is 0.965. The summed E-state index contributed by atoms with van der Waals surface area (Å²) >= 11 is 0. The highest BCUT2D eigenvalue weighted by molar-refractivity contribution is 7.88. The number of hydrogen-bond donors (Lipinski definition) is 1. The lowest BCUT2D eigenvalue weighted by atomic mass is 10.00. The van der Waals surface area contributed by atoms with Gasteiger partial charge in [0, 0.05) is 39.8 Å². The third kappa shape index (κ3) is 6.22. The van der Waals surface area contributed by atoms with E-state index in [0.717, 1.165) is 37.9 Å². The van der Waals surface area contributed by atoms with Crippen molar-refractivity contribution in [2.24, 2.45) is 10.9 Å². The Bertz CT molecular complexity index is 428. The largest absolute Gasteiger partial charge is 0.356 e. The zero-order valence-electron chi connectivity index (χ0n) is 13.8. The Morgan fingerprint density at radius 3 is 2.48 bits per heavy atom. The molecule has 124 valence electrons. The normalized spacial score (nSPS) is 18.3. The van der Waals surface area contributed by atoms with E-state index in [1.807, 2.05) is 6.92 Å². The fourth-order valence-electron chi connectivity index (χ4n) is 2.57. The molecule has 1 aliphatic rings. The zero-order chi connectivity index (χ0) is 15.9. The Balaban J connectivity index is 2.33. The van der Waals surface area contributed by atoms with Crippen molar-refractivity contribution in [3.8, 4) is 0 Å². The molecule has 21 heavy (non-hydrogen) atoms. The minimum Gasteiger partial charge on any atom is -0.356 e. The van der Waals surface area contributed by atoms with Crippen LogP contribution in [0.3, 0.4) is 0 Å². The van der Waals surface area contributed by atoms with Crippen LogP contribution in [0.5, 0.6) is 0 Å². The molecule has 1 fully saturated rings. The monoisotopic (exact) mass is 318 g/mol. The zero-order valence-corrected chi connectivity index (χ0v) is 14.6. The van der Waals surface area contributed by atoms with Crippen LogP contribution < -0.4 is 5.32 Å². The molecular formula is C14H30N4O2S. The molecule has 7 heteroatoms. The van der Waals surface area contributed by atoms with E-state index in [1.54, 1.807) is 7.05 Å². The highest BCUT2D eigenvalue weighted by Crippen LogP contribution is 2.15. The number of guanidine groups is 1. The molecule has 0 spiro atoms. The van der Waals surface area contributed by atoms with Crippen LogP contribution in [0, 0.1) is 5.92 Å². The molecule has 1 heterocycles. The van der Waals surface area contributed by atoms with Crippen LogP contribution in [-0.2, 0) is 10.0 Å². The lowest BCUT2D eigenvalue weighted by molar-refractivity contribution is 0.273. The first-order valence-corrected chi connectivity index (χ1v) is 9.64. The van der Waals surface area contributed by atoms with Crippen molar-refractivity contribution in [1.82, 2.24) is 14.5 Å². The van der Waals surface area contributed by atoms with Crippen molar-refractivity contribution < 1.29 is 8.42 Å². The van der Waals surface area contributed by atoms with Crippen molar-refractivity contribution in [3.05, 3.63) is 0 Å². The number of sulfonamides is 1. The molecular weight excluding hydrogens is 288 g/mol. The average Bonchev–Trinajstić information content (AvgIpc) is 2.43. The lowest BCUT2D eigenvalue weighted by Gasteiger charge is -2.33. The fourth-order valence-corrected chi connectivity index (χ4v) is 3.50. The molecule has 0 aromatic rings. The SMILES string of the molecule is CCN(CCCNC(=NC)N1CCC(C)CC1)S(C)(=O)=O. The third-order valence-electron chi connectivity index (χ3n) is 3.98. The van der Waals surface area contributed by atoms with E-state index < -0.39 is 10.0 Å². The van der Waals surface area contributed by atoms with Crippen molar-refractivity contribution in [2.45, 2.75) is 33.1 Å². The van der Waals surface area contributed by atoms with Crippen LogP contribution in [0.25, 0.3) is 0 Å². The first kappa shape index (κ1) is 18.2. The summed E-state index contributed by atoms with van der Waals surface area (Å²) in [5.41, 5.74) is 0. The number of aliphatic imine (C=N–C) groups is 1. The summed E-state index contributed by atoms with van der Waals surface area (Å²) < 4.78 is 24.5. The highest BCUT2D eigenvalue weighted by Gasteiger charge is 2.18. The van der Waals surface area contributed by atoms with Gasteiger partial charge < -0.3 is 10.2 Å². The maximum atomic E-state index is 11.5. The molecule has 0 amide bonds. The van der Waals surface area contributed by atoms with Crippen molar-refractivity contribution >= 4 is 16.0 Å². The highest BCUT2D eigenvalue weighted by atomic mass is 32.2. The second-order valence-electron chi connectivity index (χ2n) is 5.75. The van der Waals surface area contributed by atoms with Crippen LogP contribution in [0.1, 0.15) is 33.1 Å². The molecule has 1 aliphatic heterocycles. The van der Waals surface area contributed by atoms with E-state index in [2.05, 4.69) is 22.1 Å². The molecule has 0 unspecified atom stereocenters. The van der Waals surface area contributed by atoms with E-state index >= 15 is 0 Å². The van der Waals surface area contributed by atoms with E-state index in [0.29, 0.717) is 13.1 Å². The molecule has 1 N–H and O–H groups in total. The molecule has 1 saturated heterocycles. The quantitative estimate of drug-likeness (QED) is 0.450. The number of rotatable bonds is 6. The molecule has 1 rings (SSSR count). The van der Waals surface area contributed by atoms with Gasteiger partial charge in [0.2, 0.25) is 10.0 Å². The van der Waals surface area contributed by atoms with Gasteiger partial charge in [0.25, 0.3) is 0 Å². The number of piperidine rings is 1. The summed E-state index contributed by atoms with van der Waals surface area (Å²) in [5.74, 6) is 1.73. The Labute approximate surface area is 129 Å². The first-order chi connectivity index (χ1) is 9.88. The molecule has 0 radical (unpaired) electrons. The Hall–Kier alpha value is -0.820. The van der Waals surface area contributed by atoms with Crippen LogP contribution in [-0.4, -0.2) is 69.6 Å². The van der Waals surface area contributed by atoms with E-state index in [4.69, 9.17) is 0 Å². The molecule has 0 aromatic carbocycles. The third-order valence-corrected chi connectivity index (χ3v) is 5.36. The molecule has 0 aliphatic carbocycles. The topological polar surface area (TPSA) is 65.0 Å². The Morgan fingerprint density at radius 1 is 1.38 bits per heavy atom. The van der Waals surface area contributed by atoms with Crippen LogP contribution in [0.2, 0.25) is 0 Å². The number of nitrogens with zero attached hydrogens (tertiary/aromatic N) is 3. The summed E-state index contributed by atoms with van der Waals surface area (Å²) in [6.45, 7) is 8.07. The molecule has 0 aromatic heterocycles. The van der Waals surface area contributed by atoms with Gasteiger partial charge in [-0.25, -0.2) is 12.7 Å². The fraction of sp³-hybridized carbons (Fsp3) is 0.929. The standard InChI is InChI=1S/C14H30N4O2S/c1-5-18(21(4,19)20)10-6-9-16-14(15-3)17-11-7-13(2)8-12-17/h13H,5-12H2,1-4H3,(H,15,16). The average molecular weight is 318 g/mol. The van der Waals surface area contributed by atoms with Crippen molar-refractivity contribution in [2.75, 3.05) is 46.0 Å². The Morgan fingerprint density at radius 2 is 2.00 bits per heavy atom. The van der Waals surface area contributed by atoms with Crippen molar-refractivity contribution in [1.29, 1.82) is 0 Å². The van der Waals surface area contributed by atoms with Gasteiger partial charge in [0.05, 0.1) is 6.26 Å². The maximum absolute atomic E-state index is 11.5. The Kier molecular flexibility index (Phi) is 7.45. The summed E-state index contributed by atoms with van der Waals surface area (Å²) in [5, 5.41) is 3.34. The number of hydrogen-bond acceptors (Lipinski definition) is 3. The van der Waals surface area contributed by atoms with E-state index in [-0.39, 0.29) is 0 Å². The van der Waals surface area contributed by atoms with E-state index in [9.17, 15) is 8.42 Å². The molecule has 6 nitrogen and oxygen atoms in total. The van der Waals surface area contributed by atoms with Gasteiger partial charge in [0.1, 0.15) is 0 Å². The van der Waals surface area contributed by atoms with Gasteiger partial charge >= 0.3 is 0 Å². The minimum absolute atomic E-state index is 0.525. The second kappa shape index (κ2) is 8.58. The summed E-state index contributed by atoms with van der Waals surface area (Å²) in [4.78, 5) is 6.61. The molecule has 0 bridgehead atoms.